The maximum Gasteiger partial charge on any atom is 0.0595 e. The quantitative estimate of drug-likeness (QED) is 0.660. The minimum atomic E-state index is 0.225. The van der Waals surface area contributed by atoms with Gasteiger partial charge in [-0.3, -0.25) is 0 Å². The fourth-order valence-corrected chi connectivity index (χ4v) is 2.25. The molecule has 0 amide bonds. The molecule has 0 radical (unpaired) electrons. The van der Waals surface area contributed by atoms with Gasteiger partial charge in [0, 0.05) is 0 Å². The van der Waals surface area contributed by atoms with Crippen LogP contribution >= 0.6 is 23.2 Å². The SMILES string of the molecule is CCC[C@](C)(CC)c1ccc(Cl)c(Cl)c1. The van der Waals surface area contributed by atoms with Crippen LogP contribution in [0.4, 0.5) is 0 Å². The zero-order chi connectivity index (χ0) is 11.5. The van der Waals surface area contributed by atoms with Gasteiger partial charge in [-0.1, -0.05) is 56.5 Å². The van der Waals surface area contributed by atoms with E-state index in [1.165, 1.54) is 18.4 Å². The number of halogens is 2. The van der Waals surface area contributed by atoms with Crippen LogP contribution in [0, 0.1) is 0 Å². The third-order valence-electron chi connectivity index (χ3n) is 3.20. The Hall–Kier alpha value is -0.200. The largest absolute Gasteiger partial charge is 0.0827 e. The second-order valence-corrected chi connectivity index (χ2v) is 5.11. The maximum atomic E-state index is 6.05. The first-order chi connectivity index (χ1) is 7.03. The van der Waals surface area contributed by atoms with E-state index in [-0.39, 0.29) is 5.41 Å². The van der Waals surface area contributed by atoms with E-state index in [1.54, 1.807) is 0 Å². The van der Waals surface area contributed by atoms with E-state index < -0.39 is 0 Å². The molecule has 0 aliphatic carbocycles. The molecule has 15 heavy (non-hydrogen) atoms. The molecular formula is C13H18Cl2. The number of hydrogen-bond acceptors (Lipinski definition) is 0. The summed E-state index contributed by atoms with van der Waals surface area (Å²) in [5.41, 5.74) is 1.52. The van der Waals surface area contributed by atoms with Gasteiger partial charge in [0.05, 0.1) is 10.0 Å². The Bertz CT molecular complexity index is 333. The average Bonchev–Trinajstić information content (AvgIpc) is 2.22. The molecule has 0 aliphatic heterocycles. The molecule has 2 heteroatoms. The summed E-state index contributed by atoms with van der Waals surface area (Å²) in [5.74, 6) is 0. The fraction of sp³-hybridized carbons (Fsp3) is 0.538. The Labute approximate surface area is 103 Å². The Morgan fingerprint density at radius 2 is 1.80 bits per heavy atom. The highest BCUT2D eigenvalue weighted by molar-refractivity contribution is 6.42. The molecule has 0 heterocycles. The van der Waals surface area contributed by atoms with Gasteiger partial charge in [0.1, 0.15) is 0 Å². The normalized spacial score (nSPS) is 15.0. The van der Waals surface area contributed by atoms with Crippen molar-refractivity contribution < 1.29 is 0 Å². The molecule has 0 fully saturated rings. The van der Waals surface area contributed by atoms with E-state index in [2.05, 4.69) is 26.8 Å². The zero-order valence-electron chi connectivity index (χ0n) is 9.61. The predicted molar refractivity (Wildman–Crippen MR) is 69.0 cm³/mol. The third kappa shape index (κ3) is 2.89. The van der Waals surface area contributed by atoms with E-state index >= 15 is 0 Å². The van der Waals surface area contributed by atoms with Gasteiger partial charge in [-0.2, -0.15) is 0 Å². The molecule has 84 valence electrons. The minimum absolute atomic E-state index is 0.225. The van der Waals surface area contributed by atoms with Gasteiger partial charge >= 0.3 is 0 Å². The van der Waals surface area contributed by atoms with Gasteiger partial charge in [0.2, 0.25) is 0 Å². The van der Waals surface area contributed by atoms with E-state index in [9.17, 15) is 0 Å². The zero-order valence-corrected chi connectivity index (χ0v) is 11.1. The Morgan fingerprint density at radius 3 is 2.27 bits per heavy atom. The van der Waals surface area contributed by atoms with Gasteiger partial charge in [-0.05, 0) is 36.0 Å². The summed E-state index contributed by atoms with van der Waals surface area (Å²) in [6.07, 6.45) is 3.49. The smallest absolute Gasteiger partial charge is 0.0595 e. The summed E-state index contributed by atoms with van der Waals surface area (Å²) in [6.45, 7) is 6.72. The van der Waals surface area contributed by atoms with Crippen LogP contribution in [0.1, 0.15) is 45.6 Å². The fourth-order valence-electron chi connectivity index (χ4n) is 1.95. The summed E-state index contributed by atoms with van der Waals surface area (Å²) in [7, 11) is 0. The molecule has 1 atom stereocenters. The third-order valence-corrected chi connectivity index (χ3v) is 3.94. The number of hydrogen-bond donors (Lipinski definition) is 0. The van der Waals surface area contributed by atoms with Gasteiger partial charge in [0.25, 0.3) is 0 Å². The summed E-state index contributed by atoms with van der Waals surface area (Å²) in [6, 6.07) is 5.99. The van der Waals surface area contributed by atoms with Crippen molar-refractivity contribution in [1.82, 2.24) is 0 Å². The van der Waals surface area contributed by atoms with E-state index in [0.717, 1.165) is 6.42 Å². The molecule has 0 aliphatic rings. The first-order valence-corrected chi connectivity index (χ1v) is 6.24. The Balaban J connectivity index is 3.07. The maximum absolute atomic E-state index is 6.05. The predicted octanol–water partition coefficient (Wildman–Crippen LogP) is 5.46. The monoisotopic (exact) mass is 244 g/mol. The molecule has 0 saturated carbocycles. The van der Waals surface area contributed by atoms with Crippen LogP contribution in [0.3, 0.4) is 0 Å². The second-order valence-electron chi connectivity index (χ2n) is 4.29. The van der Waals surface area contributed by atoms with Crippen molar-refractivity contribution >= 4 is 23.2 Å². The molecule has 1 rings (SSSR count). The molecule has 0 N–H and O–H groups in total. The average molecular weight is 245 g/mol. The Morgan fingerprint density at radius 1 is 1.13 bits per heavy atom. The summed E-state index contributed by atoms with van der Waals surface area (Å²) >= 11 is 12.0. The van der Waals surface area contributed by atoms with E-state index in [1.807, 2.05) is 12.1 Å². The Kier molecular flexibility index (Phi) is 4.48. The second kappa shape index (κ2) is 5.23. The van der Waals surface area contributed by atoms with Crippen molar-refractivity contribution in [3.8, 4) is 0 Å². The van der Waals surface area contributed by atoms with Crippen LogP contribution < -0.4 is 0 Å². The highest BCUT2D eigenvalue weighted by Gasteiger charge is 2.23. The van der Waals surface area contributed by atoms with E-state index in [4.69, 9.17) is 23.2 Å². The number of rotatable bonds is 4. The standard InChI is InChI=1S/C13H18Cl2/c1-4-8-13(3,5-2)10-6-7-11(14)12(15)9-10/h6-7,9H,4-5,8H2,1-3H3/t13-/m0/s1. The molecule has 0 saturated heterocycles. The van der Waals surface area contributed by atoms with Gasteiger partial charge in [-0.25, -0.2) is 0 Å². The molecule has 0 spiro atoms. The highest BCUT2D eigenvalue weighted by atomic mass is 35.5. The molecular weight excluding hydrogens is 227 g/mol. The van der Waals surface area contributed by atoms with Gasteiger partial charge in [-0.15, -0.1) is 0 Å². The molecule has 0 bridgehead atoms. The first kappa shape index (κ1) is 12.9. The number of benzene rings is 1. The molecule has 1 aromatic carbocycles. The van der Waals surface area contributed by atoms with Crippen molar-refractivity contribution in [2.24, 2.45) is 0 Å². The summed E-state index contributed by atoms with van der Waals surface area (Å²) < 4.78 is 0. The first-order valence-electron chi connectivity index (χ1n) is 5.49. The lowest BCUT2D eigenvalue weighted by atomic mass is 9.76. The topological polar surface area (TPSA) is 0 Å². The molecule has 0 unspecified atom stereocenters. The van der Waals surface area contributed by atoms with Crippen molar-refractivity contribution in [3.63, 3.8) is 0 Å². The molecule has 0 aromatic heterocycles. The van der Waals surface area contributed by atoms with Crippen molar-refractivity contribution in [1.29, 1.82) is 0 Å². The van der Waals surface area contributed by atoms with Crippen molar-refractivity contribution in [2.45, 2.75) is 45.4 Å². The van der Waals surface area contributed by atoms with Gasteiger partial charge < -0.3 is 0 Å². The van der Waals surface area contributed by atoms with Crippen LogP contribution in [0.5, 0.6) is 0 Å². The molecule has 1 aromatic rings. The van der Waals surface area contributed by atoms with Crippen LogP contribution in [-0.2, 0) is 5.41 Å². The van der Waals surface area contributed by atoms with E-state index in [0.29, 0.717) is 10.0 Å². The van der Waals surface area contributed by atoms with Crippen LogP contribution in [0.15, 0.2) is 18.2 Å². The van der Waals surface area contributed by atoms with Gasteiger partial charge in [0.15, 0.2) is 0 Å². The summed E-state index contributed by atoms with van der Waals surface area (Å²) in [5, 5.41) is 1.29. The molecule has 0 nitrogen and oxygen atoms in total. The van der Waals surface area contributed by atoms with Crippen molar-refractivity contribution in [3.05, 3.63) is 33.8 Å². The lowest BCUT2D eigenvalue weighted by Crippen LogP contribution is -2.20. The lowest BCUT2D eigenvalue weighted by Gasteiger charge is -2.28. The van der Waals surface area contributed by atoms with Crippen LogP contribution in [-0.4, -0.2) is 0 Å². The lowest BCUT2D eigenvalue weighted by molar-refractivity contribution is 0.414. The summed E-state index contributed by atoms with van der Waals surface area (Å²) in [4.78, 5) is 0. The van der Waals surface area contributed by atoms with Crippen LogP contribution in [0.25, 0.3) is 0 Å². The highest BCUT2D eigenvalue weighted by Crippen LogP contribution is 2.35. The van der Waals surface area contributed by atoms with Crippen molar-refractivity contribution in [2.75, 3.05) is 0 Å². The minimum Gasteiger partial charge on any atom is -0.0827 e. The van der Waals surface area contributed by atoms with Crippen LogP contribution in [0.2, 0.25) is 10.0 Å².